The number of para-hydroxylation sites is 1. The van der Waals surface area contributed by atoms with E-state index in [1.807, 2.05) is 25.1 Å². The van der Waals surface area contributed by atoms with E-state index in [2.05, 4.69) is 20.6 Å². The third-order valence-electron chi connectivity index (χ3n) is 2.54. The maximum Gasteiger partial charge on any atom is 0.224 e. The summed E-state index contributed by atoms with van der Waals surface area (Å²) in [5.74, 6) is 0.220. The fourth-order valence-electron chi connectivity index (χ4n) is 1.67. The lowest BCUT2D eigenvalue weighted by Crippen LogP contribution is -2.10. The molecule has 2 aromatic rings. The summed E-state index contributed by atoms with van der Waals surface area (Å²) in [6.07, 6.45) is 1.41. The number of carbonyl (C=O) groups is 1. The number of nitrogens with zero attached hydrogens (tertiary/aromatic N) is 2. The molecule has 1 amide bonds. The quantitative estimate of drug-likeness (QED) is 0.846. The van der Waals surface area contributed by atoms with E-state index in [9.17, 15) is 4.79 Å². The van der Waals surface area contributed by atoms with Crippen molar-refractivity contribution in [1.29, 1.82) is 0 Å². The zero-order valence-electron chi connectivity index (χ0n) is 10.9. The number of rotatable bonds is 3. The van der Waals surface area contributed by atoms with Gasteiger partial charge in [0.25, 0.3) is 0 Å². The molecular weight excluding hydrogens is 299 g/mol. The molecule has 0 aliphatic rings. The summed E-state index contributed by atoms with van der Waals surface area (Å²) in [4.78, 5) is 19.1. The van der Waals surface area contributed by atoms with E-state index in [1.165, 1.54) is 13.1 Å². The molecule has 2 rings (SSSR count). The number of halogens is 2. The highest BCUT2D eigenvalue weighted by atomic mass is 35.5. The first-order valence-corrected chi connectivity index (χ1v) is 6.55. The number of anilines is 3. The number of hydrogen-bond donors (Lipinski definition) is 2. The molecule has 1 aromatic heterocycles. The Morgan fingerprint density at radius 1 is 1.30 bits per heavy atom. The van der Waals surface area contributed by atoms with Crippen molar-refractivity contribution in [3.05, 3.63) is 40.3 Å². The molecule has 0 bridgehead atoms. The van der Waals surface area contributed by atoms with Crippen LogP contribution >= 0.6 is 23.2 Å². The second-order valence-electron chi connectivity index (χ2n) is 4.14. The molecule has 104 valence electrons. The van der Waals surface area contributed by atoms with Crippen molar-refractivity contribution in [3.63, 3.8) is 0 Å². The van der Waals surface area contributed by atoms with E-state index >= 15 is 0 Å². The van der Waals surface area contributed by atoms with Gasteiger partial charge in [0.15, 0.2) is 5.82 Å². The number of amides is 1. The average molecular weight is 311 g/mol. The first kappa shape index (κ1) is 14.6. The summed E-state index contributed by atoms with van der Waals surface area (Å²) in [6, 6.07) is 5.56. The SMILES string of the molecule is CC(=O)Nc1c(C)cccc1Nc1nc(Cl)ncc1Cl. The molecule has 0 radical (unpaired) electrons. The van der Waals surface area contributed by atoms with Crippen LogP contribution in [0.1, 0.15) is 12.5 Å². The highest BCUT2D eigenvalue weighted by molar-refractivity contribution is 6.33. The fourth-order valence-corrected chi connectivity index (χ4v) is 1.95. The van der Waals surface area contributed by atoms with Gasteiger partial charge in [0.2, 0.25) is 11.2 Å². The molecule has 0 aliphatic carbocycles. The summed E-state index contributed by atoms with van der Waals surface area (Å²) in [7, 11) is 0. The van der Waals surface area contributed by atoms with Crippen molar-refractivity contribution in [2.45, 2.75) is 13.8 Å². The van der Waals surface area contributed by atoms with Crippen LogP contribution in [-0.2, 0) is 4.79 Å². The van der Waals surface area contributed by atoms with E-state index in [1.54, 1.807) is 0 Å². The average Bonchev–Trinajstić information content (AvgIpc) is 2.37. The molecule has 1 heterocycles. The molecule has 0 atom stereocenters. The number of aromatic nitrogens is 2. The number of benzene rings is 1. The molecule has 7 heteroatoms. The Morgan fingerprint density at radius 2 is 2.05 bits per heavy atom. The molecule has 2 N–H and O–H groups in total. The Morgan fingerprint density at radius 3 is 2.75 bits per heavy atom. The monoisotopic (exact) mass is 310 g/mol. The van der Waals surface area contributed by atoms with Crippen LogP contribution in [0.25, 0.3) is 0 Å². The lowest BCUT2D eigenvalue weighted by atomic mass is 10.1. The Balaban J connectivity index is 2.40. The molecule has 5 nitrogen and oxygen atoms in total. The van der Waals surface area contributed by atoms with E-state index in [0.29, 0.717) is 22.2 Å². The maximum absolute atomic E-state index is 11.3. The van der Waals surface area contributed by atoms with Gasteiger partial charge in [-0.2, -0.15) is 4.98 Å². The van der Waals surface area contributed by atoms with Crippen LogP contribution in [0.3, 0.4) is 0 Å². The van der Waals surface area contributed by atoms with Gasteiger partial charge in [-0.3, -0.25) is 4.79 Å². The van der Waals surface area contributed by atoms with Crippen molar-refractivity contribution in [2.24, 2.45) is 0 Å². The van der Waals surface area contributed by atoms with E-state index in [-0.39, 0.29) is 11.2 Å². The van der Waals surface area contributed by atoms with Crippen molar-refractivity contribution in [2.75, 3.05) is 10.6 Å². The lowest BCUT2D eigenvalue weighted by Gasteiger charge is -2.14. The Labute approximate surface area is 126 Å². The fraction of sp³-hybridized carbons (Fsp3) is 0.154. The van der Waals surface area contributed by atoms with Crippen molar-refractivity contribution in [1.82, 2.24) is 9.97 Å². The highest BCUT2D eigenvalue weighted by Crippen LogP contribution is 2.30. The van der Waals surface area contributed by atoms with Crippen LogP contribution in [0.15, 0.2) is 24.4 Å². The van der Waals surface area contributed by atoms with Gasteiger partial charge in [-0.15, -0.1) is 0 Å². The van der Waals surface area contributed by atoms with Crippen LogP contribution in [0, 0.1) is 6.92 Å². The topological polar surface area (TPSA) is 66.9 Å². The van der Waals surface area contributed by atoms with E-state index in [0.717, 1.165) is 5.56 Å². The second-order valence-corrected chi connectivity index (χ2v) is 4.88. The third-order valence-corrected chi connectivity index (χ3v) is 3.00. The van der Waals surface area contributed by atoms with Gasteiger partial charge in [-0.25, -0.2) is 4.98 Å². The number of hydrogen-bond acceptors (Lipinski definition) is 4. The molecule has 0 saturated carbocycles. The predicted molar refractivity (Wildman–Crippen MR) is 80.8 cm³/mol. The third kappa shape index (κ3) is 3.37. The van der Waals surface area contributed by atoms with Gasteiger partial charge in [-0.1, -0.05) is 23.7 Å². The molecule has 1 aromatic carbocycles. The van der Waals surface area contributed by atoms with Gasteiger partial charge in [-0.05, 0) is 30.2 Å². The normalized spacial score (nSPS) is 10.2. The zero-order chi connectivity index (χ0) is 14.7. The maximum atomic E-state index is 11.3. The van der Waals surface area contributed by atoms with Crippen LogP contribution in [0.5, 0.6) is 0 Å². The summed E-state index contributed by atoms with van der Waals surface area (Å²) in [5.41, 5.74) is 2.27. The highest BCUT2D eigenvalue weighted by Gasteiger charge is 2.10. The van der Waals surface area contributed by atoms with Crippen LogP contribution in [0.2, 0.25) is 10.3 Å². The van der Waals surface area contributed by atoms with Gasteiger partial charge < -0.3 is 10.6 Å². The van der Waals surface area contributed by atoms with E-state index in [4.69, 9.17) is 23.2 Å². The van der Waals surface area contributed by atoms with Gasteiger partial charge in [0, 0.05) is 6.92 Å². The largest absolute Gasteiger partial charge is 0.337 e. The molecule has 20 heavy (non-hydrogen) atoms. The van der Waals surface area contributed by atoms with Crippen LogP contribution in [0.4, 0.5) is 17.2 Å². The smallest absolute Gasteiger partial charge is 0.224 e. The zero-order valence-corrected chi connectivity index (χ0v) is 12.4. The number of nitrogens with one attached hydrogen (secondary N) is 2. The Bertz CT molecular complexity index is 661. The molecule has 0 spiro atoms. The second kappa shape index (κ2) is 6.07. The molecule has 0 fully saturated rings. The van der Waals surface area contributed by atoms with E-state index < -0.39 is 0 Å². The van der Waals surface area contributed by atoms with Gasteiger partial charge >= 0.3 is 0 Å². The summed E-state index contributed by atoms with van der Waals surface area (Å²) >= 11 is 11.8. The van der Waals surface area contributed by atoms with Crippen LogP contribution < -0.4 is 10.6 Å². The van der Waals surface area contributed by atoms with Crippen molar-refractivity contribution >= 4 is 46.3 Å². The van der Waals surface area contributed by atoms with Gasteiger partial charge in [0.1, 0.15) is 5.02 Å². The summed E-state index contributed by atoms with van der Waals surface area (Å²) in [5, 5.41) is 6.25. The lowest BCUT2D eigenvalue weighted by molar-refractivity contribution is -0.114. The molecule has 0 aliphatic heterocycles. The first-order chi connectivity index (χ1) is 9.47. The first-order valence-electron chi connectivity index (χ1n) is 5.79. The van der Waals surface area contributed by atoms with Crippen molar-refractivity contribution in [3.8, 4) is 0 Å². The standard InChI is InChI=1S/C13H12Cl2N4O/c1-7-4-3-5-10(11(7)17-8(2)20)18-12-9(14)6-16-13(15)19-12/h3-6H,1-2H3,(H,17,20)(H,16,18,19). The summed E-state index contributed by atoms with van der Waals surface area (Å²) < 4.78 is 0. The minimum atomic E-state index is -0.158. The number of carbonyl (C=O) groups excluding carboxylic acids is 1. The predicted octanol–water partition coefficient (Wildman–Crippen LogP) is 3.79. The Hall–Kier alpha value is -1.85. The van der Waals surface area contributed by atoms with Gasteiger partial charge in [0.05, 0.1) is 17.6 Å². The molecular formula is C13H12Cl2N4O. The van der Waals surface area contributed by atoms with Crippen LogP contribution in [-0.4, -0.2) is 15.9 Å². The van der Waals surface area contributed by atoms with Crippen molar-refractivity contribution < 1.29 is 4.79 Å². The molecule has 0 unspecified atom stereocenters. The number of aryl methyl sites for hydroxylation is 1. The molecule has 0 saturated heterocycles. The minimum Gasteiger partial charge on any atom is -0.337 e. The Kier molecular flexibility index (Phi) is 4.42. The summed E-state index contributed by atoms with van der Waals surface area (Å²) in [6.45, 7) is 3.34. The minimum absolute atomic E-state index is 0.0885.